The molecule has 0 saturated carbocycles. The van der Waals surface area contributed by atoms with E-state index in [1.54, 1.807) is 21.1 Å². The third-order valence-electron chi connectivity index (χ3n) is 12.0. The Kier molecular flexibility index (Phi) is 10.9. The highest BCUT2D eigenvalue weighted by Gasteiger charge is 2.42. The van der Waals surface area contributed by atoms with Crippen LogP contribution in [-0.4, -0.2) is 133 Å². The van der Waals surface area contributed by atoms with Crippen molar-refractivity contribution < 1.29 is 27.6 Å². The molecule has 2 aromatic rings. The van der Waals surface area contributed by atoms with E-state index in [9.17, 15) is 27.6 Å². The number of likely N-dealkylation sites (tertiary alicyclic amines) is 1. The summed E-state index contributed by atoms with van der Waals surface area (Å²) in [6, 6.07) is 2.39. The second-order valence-electron chi connectivity index (χ2n) is 14.9. The van der Waals surface area contributed by atoms with Gasteiger partial charge in [0.2, 0.25) is 5.91 Å². The summed E-state index contributed by atoms with van der Waals surface area (Å²) in [7, 11) is 3.59. The van der Waals surface area contributed by atoms with E-state index in [-0.39, 0.29) is 40.7 Å². The smallest absolute Gasteiger partial charge is 0.386 e. The average molecular weight is 765 g/mol. The highest BCUT2D eigenvalue weighted by atomic mass is 35.5. The summed E-state index contributed by atoms with van der Waals surface area (Å²) in [4.78, 5) is 51.2. The number of hydrogen-bond acceptors (Lipinski definition) is 7. The van der Waals surface area contributed by atoms with Gasteiger partial charge in [0, 0.05) is 88.8 Å². The molecule has 3 N–H and O–H groups in total. The van der Waals surface area contributed by atoms with Gasteiger partial charge >= 0.3 is 18.2 Å². The van der Waals surface area contributed by atoms with Crippen LogP contribution in [0.3, 0.4) is 0 Å². The number of carbonyl (C=O) groups excluding carboxylic acids is 3. The number of urea groups is 2. The Balaban J connectivity index is 1.02. The molecule has 11 nitrogen and oxygen atoms in total. The van der Waals surface area contributed by atoms with Gasteiger partial charge in [0.1, 0.15) is 6.04 Å². The van der Waals surface area contributed by atoms with E-state index >= 15 is 0 Å². The van der Waals surface area contributed by atoms with Crippen molar-refractivity contribution in [2.24, 2.45) is 0 Å². The molecule has 2 unspecified atom stereocenters. The average Bonchev–Trinajstić information content (AvgIpc) is 3.57. The lowest BCUT2D eigenvalue weighted by atomic mass is 9.95. The molecule has 1 aromatic carbocycles. The van der Waals surface area contributed by atoms with Crippen LogP contribution in [0.1, 0.15) is 55.2 Å². The summed E-state index contributed by atoms with van der Waals surface area (Å²) >= 11 is 7.89. The minimum absolute atomic E-state index is 0.0427. The monoisotopic (exact) mass is 764 g/mol. The van der Waals surface area contributed by atoms with Crippen molar-refractivity contribution in [1.82, 2.24) is 29.8 Å². The number of nitrogens with one attached hydrogen (secondary N) is 3. The first kappa shape index (κ1) is 37.1. The van der Waals surface area contributed by atoms with E-state index in [0.29, 0.717) is 76.8 Å². The number of piperidine rings is 2. The number of nitrogens with zero attached hydrogens (tertiary/aromatic N) is 5. The fourth-order valence-electron chi connectivity index (χ4n) is 9.03. The lowest BCUT2D eigenvalue weighted by Gasteiger charge is -2.45. The quantitative estimate of drug-likeness (QED) is 0.349. The molecule has 1 aromatic heterocycles. The number of hydrogen-bond donors (Lipinski definition) is 3. The predicted molar refractivity (Wildman–Crippen MR) is 196 cm³/mol. The van der Waals surface area contributed by atoms with Crippen molar-refractivity contribution in [3.8, 4) is 0 Å². The van der Waals surface area contributed by atoms with Crippen molar-refractivity contribution in [2.45, 2.75) is 87.8 Å². The van der Waals surface area contributed by atoms with Gasteiger partial charge in [-0.15, -0.1) is 11.3 Å². The predicted octanol–water partition coefficient (Wildman–Crippen LogP) is 5.41. The Labute approximate surface area is 311 Å². The standard InChI is InChI=1S/C36H48ClF3N8O3S/c1-41-32-28(36(38,39)40)15-22(16-29(32)37)17-30(33(49)46-13-11-45(12-14-46)27-18-25-3-4-26(19-27)44(25)2)42-34(50)47-8-6-24(7-9-47)48-10-5-23-20-52-21-31(23)43-35(48)51/h15-16,20-21,24-27,30,41H,3-14,17-19H2,1-2H3,(H,42,50)(H,43,51)/t25?,26?,27?,30-/m1/s1. The molecular weight excluding hydrogens is 717 g/mol. The third kappa shape index (κ3) is 7.69. The topological polar surface area (TPSA) is 103 Å². The second kappa shape index (κ2) is 15.2. The lowest BCUT2D eigenvalue weighted by Crippen LogP contribution is -2.60. The van der Waals surface area contributed by atoms with Gasteiger partial charge in [-0.1, -0.05) is 11.6 Å². The summed E-state index contributed by atoms with van der Waals surface area (Å²) in [6.45, 7) is 3.73. The first-order valence-electron chi connectivity index (χ1n) is 18.4. The first-order chi connectivity index (χ1) is 24.9. The molecule has 5 aliphatic rings. The number of rotatable bonds is 7. The normalized spacial score (nSPS) is 25.4. The molecule has 4 fully saturated rings. The SMILES string of the molecule is CNc1c(Cl)cc(C[C@@H](NC(=O)N2CCC(N3CCc4cscc4NC3=O)CC2)C(=O)N2CCN(C3CC4CCC(C3)N4C)CC2)cc1C(F)(F)F. The van der Waals surface area contributed by atoms with Crippen molar-refractivity contribution >= 4 is 52.3 Å². The summed E-state index contributed by atoms with van der Waals surface area (Å²) in [6.07, 6.45) is 1.78. The van der Waals surface area contributed by atoms with Gasteiger partial charge in [-0.25, -0.2) is 9.59 Å². The molecule has 3 atom stereocenters. The zero-order valence-electron chi connectivity index (χ0n) is 29.7. The van der Waals surface area contributed by atoms with E-state index < -0.39 is 23.8 Å². The largest absolute Gasteiger partial charge is 0.418 e. The summed E-state index contributed by atoms with van der Waals surface area (Å²) in [5.41, 5.74) is 1.01. The molecule has 52 heavy (non-hydrogen) atoms. The fraction of sp³-hybridized carbons (Fsp3) is 0.639. The number of anilines is 2. The molecule has 0 radical (unpaired) electrons. The molecule has 0 spiro atoms. The second-order valence-corrected chi connectivity index (χ2v) is 16.0. The number of amides is 5. The number of fused-ring (bicyclic) bond motifs is 3. The Morgan fingerprint density at radius 2 is 1.63 bits per heavy atom. The van der Waals surface area contributed by atoms with Gasteiger partial charge in [-0.2, -0.15) is 13.2 Å². The summed E-state index contributed by atoms with van der Waals surface area (Å²) in [5, 5.41) is 12.3. The van der Waals surface area contributed by atoms with E-state index in [0.717, 1.165) is 36.6 Å². The Bertz CT molecular complexity index is 1630. The molecule has 16 heteroatoms. The molecule has 5 aliphatic heterocycles. The van der Waals surface area contributed by atoms with Gasteiger partial charge in [0.15, 0.2) is 0 Å². The fourth-order valence-corrected chi connectivity index (χ4v) is 10.2. The van der Waals surface area contributed by atoms with Crippen LogP contribution in [0.15, 0.2) is 22.9 Å². The number of thiophene rings is 1. The van der Waals surface area contributed by atoms with Crippen molar-refractivity contribution in [2.75, 3.05) is 70.5 Å². The van der Waals surface area contributed by atoms with E-state index in [4.69, 9.17) is 11.6 Å². The minimum Gasteiger partial charge on any atom is -0.386 e. The molecule has 4 saturated heterocycles. The molecule has 7 rings (SSSR count). The van der Waals surface area contributed by atoms with Gasteiger partial charge in [0.05, 0.1) is 22.0 Å². The van der Waals surface area contributed by atoms with Crippen LogP contribution < -0.4 is 16.0 Å². The van der Waals surface area contributed by atoms with Crippen LogP contribution in [0.5, 0.6) is 0 Å². The van der Waals surface area contributed by atoms with Crippen LogP contribution in [-0.2, 0) is 23.8 Å². The number of benzene rings is 1. The number of piperazine rings is 1. The molecule has 0 aliphatic carbocycles. The van der Waals surface area contributed by atoms with Crippen LogP contribution in [0.2, 0.25) is 5.02 Å². The van der Waals surface area contributed by atoms with E-state index in [2.05, 4.69) is 38.2 Å². The highest BCUT2D eigenvalue weighted by molar-refractivity contribution is 7.08. The summed E-state index contributed by atoms with van der Waals surface area (Å²) < 4.78 is 42.2. The lowest BCUT2D eigenvalue weighted by molar-refractivity contribution is -0.137. The Morgan fingerprint density at radius 3 is 2.29 bits per heavy atom. The van der Waals surface area contributed by atoms with Gasteiger partial charge in [0.25, 0.3) is 0 Å². The van der Waals surface area contributed by atoms with Gasteiger partial charge < -0.3 is 35.6 Å². The molecule has 6 heterocycles. The van der Waals surface area contributed by atoms with Crippen LogP contribution in [0.4, 0.5) is 34.1 Å². The van der Waals surface area contributed by atoms with Crippen molar-refractivity contribution in [3.05, 3.63) is 44.6 Å². The van der Waals surface area contributed by atoms with E-state index in [1.807, 2.05) is 10.3 Å². The maximum Gasteiger partial charge on any atom is 0.418 e. The minimum atomic E-state index is -4.68. The van der Waals surface area contributed by atoms with Gasteiger partial charge in [-0.3, -0.25) is 9.69 Å². The zero-order chi connectivity index (χ0) is 36.7. The van der Waals surface area contributed by atoms with Crippen LogP contribution in [0, 0.1) is 0 Å². The zero-order valence-corrected chi connectivity index (χ0v) is 31.3. The van der Waals surface area contributed by atoms with Crippen molar-refractivity contribution in [3.63, 3.8) is 0 Å². The first-order valence-corrected chi connectivity index (χ1v) is 19.7. The Morgan fingerprint density at radius 1 is 0.942 bits per heavy atom. The maximum atomic E-state index is 14.2. The highest BCUT2D eigenvalue weighted by Crippen LogP contribution is 2.40. The van der Waals surface area contributed by atoms with Crippen molar-refractivity contribution in [1.29, 1.82) is 0 Å². The molecule has 2 bridgehead atoms. The van der Waals surface area contributed by atoms with Crippen LogP contribution in [0.25, 0.3) is 0 Å². The number of alkyl halides is 3. The number of halogens is 4. The van der Waals surface area contributed by atoms with Gasteiger partial charge in [-0.05, 0) is 80.6 Å². The third-order valence-corrected chi connectivity index (χ3v) is 13.1. The summed E-state index contributed by atoms with van der Waals surface area (Å²) in [5.74, 6) is -0.317. The molecule has 5 amide bonds. The molecule has 284 valence electrons. The Hall–Kier alpha value is -3.27. The maximum absolute atomic E-state index is 14.2. The number of carbonyl (C=O) groups is 3. The van der Waals surface area contributed by atoms with E-state index in [1.165, 1.54) is 26.0 Å². The van der Waals surface area contributed by atoms with Crippen LogP contribution >= 0.6 is 22.9 Å². The molecular formula is C36H48ClF3N8O3S.